The van der Waals surface area contributed by atoms with Crippen LogP contribution in [-0.4, -0.2) is 25.1 Å². The molecule has 0 amide bonds. The minimum atomic E-state index is -0.287. The summed E-state index contributed by atoms with van der Waals surface area (Å²) < 4.78 is 31.8. The molecule has 3 aromatic carbocycles. The van der Waals surface area contributed by atoms with E-state index in [4.69, 9.17) is 14.2 Å². The summed E-state index contributed by atoms with van der Waals surface area (Å²) in [4.78, 5) is 0. The molecule has 4 rings (SSSR count). The number of rotatable bonds is 8. The smallest absolute Gasteiger partial charge is 0.160 e. The van der Waals surface area contributed by atoms with Crippen molar-refractivity contribution in [3.63, 3.8) is 0 Å². The van der Waals surface area contributed by atoms with E-state index >= 15 is 0 Å². The SMILES string of the molecule is CCO[C@@H]1C[C@H](OCc2ccccc2)C[C@@H](/C=C/c2c(C)cc(C)cc2-c2ccc(F)cc2)O1. The average molecular weight is 461 g/mol. The van der Waals surface area contributed by atoms with E-state index in [1.54, 1.807) is 0 Å². The van der Waals surface area contributed by atoms with Crippen LogP contribution in [0.25, 0.3) is 17.2 Å². The molecule has 3 nitrogen and oxygen atoms in total. The Labute approximate surface area is 202 Å². The molecule has 0 spiro atoms. The zero-order valence-corrected chi connectivity index (χ0v) is 20.2. The summed E-state index contributed by atoms with van der Waals surface area (Å²) in [6, 6.07) is 21.2. The van der Waals surface area contributed by atoms with E-state index in [1.165, 1.54) is 23.3 Å². The highest BCUT2D eigenvalue weighted by Crippen LogP contribution is 2.31. The molecule has 0 radical (unpaired) electrons. The van der Waals surface area contributed by atoms with E-state index in [9.17, 15) is 4.39 Å². The molecule has 1 fully saturated rings. The fraction of sp³-hybridized carbons (Fsp3) is 0.333. The fourth-order valence-electron chi connectivity index (χ4n) is 4.49. The third kappa shape index (κ3) is 6.41. The van der Waals surface area contributed by atoms with Crippen LogP contribution in [0.3, 0.4) is 0 Å². The first-order chi connectivity index (χ1) is 16.5. The van der Waals surface area contributed by atoms with Crippen molar-refractivity contribution in [2.24, 2.45) is 0 Å². The molecule has 3 atom stereocenters. The summed E-state index contributed by atoms with van der Waals surface area (Å²) >= 11 is 0. The molecule has 34 heavy (non-hydrogen) atoms. The molecule has 1 aliphatic heterocycles. The maximum absolute atomic E-state index is 13.5. The number of hydrogen-bond donors (Lipinski definition) is 0. The Morgan fingerprint density at radius 2 is 1.74 bits per heavy atom. The molecule has 0 N–H and O–H groups in total. The highest BCUT2D eigenvalue weighted by atomic mass is 19.1. The molecule has 1 heterocycles. The van der Waals surface area contributed by atoms with E-state index < -0.39 is 0 Å². The van der Waals surface area contributed by atoms with Crippen LogP contribution in [0.5, 0.6) is 0 Å². The fourth-order valence-corrected chi connectivity index (χ4v) is 4.49. The monoisotopic (exact) mass is 460 g/mol. The van der Waals surface area contributed by atoms with Crippen LogP contribution in [0.2, 0.25) is 0 Å². The van der Waals surface area contributed by atoms with Crippen molar-refractivity contribution in [3.05, 3.63) is 101 Å². The van der Waals surface area contributed by atoms with E-state index in [2.05, 4.69) is 50.3 Å². The van der Waals surface area contributed by atoms with Gasteiger partial charge in [0.25, 0.3) is 0 Å². The summed E-state index contributed by atoms with van der Waals surface area (Å²) in [6.45, 7) is 7.34. The lowest BCUT2D eigenvalue weighted by Gasteiger charge is -2.34. The molecule has 0 bridgehead atoms. The minimum absolute atomic E-state index is 0.0517. The molecule has 0 saturated carbocycles. The van der Waals surface area contributed by atoms with Gasteiger partial charge in [0, 0.05) is 19.4 Å². The van der Waals surface area contributed by atoms with Gasteiger partial charge in [0.2, 0.25) is 0 Å². The van der Waals surface area contributed by atoms with Crippen molar-refractivity contribution < 1.29 is 18.6 Å². The summed E-state index contributed by atoms with van der Waals surface area (Å²) in [5.74, 6) is -0.232. The lowest BCUT2D eigenvalue weighted by atomic mass is 9.92. The molecule has 1 aliphatic rings. The zero-order chi connectivity index (χ0) is 23.9. The highest BCUT2D eigenvalue weighted by molar-refractivity contribution is 5.78. The Kier molecular flexibility index (Phi) is 8.28. The minimum Gasteiger partial charge on any atom is -0.373 e. The Hall–Kier alpha value is -2.79. The second-order valence-corrected chi connectivity index (χ2v) is 8.86. The number of aryl methyl sites for hydroxylation is 2. The molecular weight excluding hydrogens is 427 g/mol. The summed E-state index contributed by atoms with van der Waals surface area (Å²) in [5.41, 5.74) is 6.70. The van der Waals surface area contributed by atoms with Crippen molar-refractivity contribution in [1.29, 1.82) is 0 Å². The quantitative estimate of drug-likeness (QED) is 0.354. The van der Waals surface area contributed by atoms with Crippen molar-refractivity contribution in [2.45, 2.75) is 58.7 Å². The van der Waals surface area contributed by atoms with Gasteiger partial charge in [-0.2, -0.15) is 0 Å². The summed E-state index contributed by atoms with van der Waals surface area (Å²) in [6.07, 6.45) is 5.36. The van der Waals surface area contributed by atoms with Crippen LogP contribution in [-0.2, 0) is 20.8 Å². The normalized spacial score (nSPS) is 20.6. The average Bonchev–Trinajstić information content (AvgIpc) is 2.83. The van der Waals surface area contributed by atoms with Crippen molar-refractivity contribution >= 4 is 6.08 Å². The first-order valence-electron chi connectivity index (χ1n) is 12.0. The topological polar surface area (TPSA) is 27.7 Å². The van der Waals surface area contributed by atoms with Gasteiger partial charge in [-0.15, -0.1) is 0 Å². The van der Waals surface area contributed by atoms with Crippen LogP contribution >= 0.6 is 0 Å². The first-order valence-corrected chi connectivity index (χ1v) is 12.0. The van der Waals surface area contributed by atoms with Gasteiger partial charge in [-0.1, -0.05) is 72.3 Å². The van der Waals surface area contributed by atoms with E-state index in [0.717, 1.165) is 35.1 Å². The number of halogens is 1. The summed E-state index contributed by atoms with van der Waals surface area (Å²) in [5, 5.41) is 0. The number of ether oxygens (including phenoxy) is 3. The van der Waals surface area contributed by atoms with E-state index in [0.29, 0.717) is 13.2 Å². The van der Waals surface area contributed by atoms with Crippen LogP contribution in [0.1, 0.15) is 42.0 Å². The van der Waals surface area contributed by atoms with E-state index in [1.807, 2.05) is 37.3 Å². The van der Waals surface area contributed by atoms with Crippen LogP contribution in [0.4, 0.5) is 4.39 Å². The van der Waals surface area contributed by atoms with Crippen molar-refractivity contribution in [1.82, 2.24) is 0 Å². The predicted molar refractivity (Wildman–Crippen MR) is 135 cm³/mol. The Morgan fingerprint density at radius 3 is 2.47 bits per heavy atom. The summed E-state index contributed by atoms with van der Waals surface area (Å²) in [7, 11) is 0. The molecule has 178 valence electrons. The van der Waals surface area contributed by atoms with Gasteiger partial charge in [-0.3, -0.25) is 0 Å². The third-order valence-electron chi connectivity index (χ3n) is 6.12. The molecule has 3 aromatic rings. The molecule has 0 aliphatic carbocycles. The molecule has 4 heteroatoms. The van der Waals surface area contributed by atoms with Gasteiger partial charge in [-0.05, 0) is 60.7 Å². The predicted octanol–water partition coefficient (Wildman–Crippen LogP) is 7.25. The van der Waals surface area contributed by atoms with Crippen molar-refractivity contribution in [3.8, 4) is 11.1 Å². The van der Waals surface area contributed by atoms with Gasteiger partial charge in [-0.25, -0.2) is 4.39 Å². The van der Waals surface area contributed by atoms with Gasteiger partial charge < -0.3 is 14.2 Å². The van der Waals surface area contributed by atoms with Crippen LogP contribution in [0.15, 0.2) is 72.8 Å². The standard InChI is InChI=1S/C30H33FO3/c1-4-32-30-19-27(33-20-23-8-6-5-7-9-23)18-26(34-30)14-15-28-22(3)16-21(2)17-29(28)24-10-12-25(31)13-11-24/h5-17,26-27,30H,4,18-20H2,1-3H3/b15-14+/t26-,27-,30+/m1/s1. The van der Waals surface area contributed by atoms with Crippen LogP contribution in [0, 0.1) is 19.7 Å². The Morgan fingerprint density at radius 1 is 0.971 bits per heavy atom. The lowest BCUT2D eigenvalue weighted by Crippen LogP contribution is -2.37. The zero-order valence-electron chi connectivity index (χ0n) is 20.2. The number of hydrogen-bond acceptors (Lipinski definition) is 3. The van der Waals surface area contributed by atoms with Crippen molar-refractivity contribution in [2.75, 3.05) is 6.61 Å². The number of benzene rings is 3. The second kappa shape index (κ2) is 11.6. The van der Waals surface area contributed by atoms with Crippen LogP contribution < -0.4 is 0 Å². The molecular formula is C30H33FO3. The second-order valence-electron chi connectivity index (χ2n) is 8.86. The van der Waals surface area contributed by atoms with Gasteiger partial charge in [0.15, 0.2) is 6.29 Å². The van der Waals surface area contributed by atoms with Gasteiger partial charge in [0.1, 0.15) is 5.82 Å². The van der Waals surface area contributed by atoms with Gasteiger partial charge in [0.05, 0.1) is 18.8 Å². The maximum atomic E-state index is 13.5. The van der Waals surface area contributed by atoms with E-state index in [-0.39, 0.29) is 24.3 Å². The lowest BCUT2D eigenvalue weighted by molar-refractivity contribution is -0.210. The first kappa shape index (κ1) is 24.3. The Bertz CT molecular complexity index is 1090. The largest absolute Gasteiger partial charge is 0.373 e. The molecule has 0 aromatic heterocycles. The maximum Gasteiger partial charge on any atom is 0.160 e. The molecule has 1 saturated heterocycles. The highest BCUT2D eigenvalue weighted by Gasteiger charge is 2.29. The third-order valence-corrected chi connectivity index (χ3v) is 6.12. The molecule has 0 unspecified atom stereocenters. The Balaban J connectivity index is 1.53. The van der Waals surface area contributed by atoms with Gasteiger partial charge >= 0.3 is 0 Å².